The number of pyridine rings is 1. The van der Waals surface area contributed by atoms with Gasteiger partial charge >= 0.3 is 0 Å². The van der Waals surface area contributed by atoms with Crippen LogP contribution in [0.3, 0.4) is 0 Å². The summed E-state index contributed by atoms with van der Waals surface area (Å²) in [4.78, 5) is 12.4. The highest BCUT2D eigenvalue weighted by Gasteiger charge is 2.05. The molecule has 2 aromatic heterocycles. The number of nitrogen functional groups attached to an aromatic ring is 1. The van der Waals surface area contributed by atoms with Gasteiger partial charge in [-0.25, -0.2) is 15.0 Å². The zero-order valence-corrected chi connectivity index (χ0v) is 7.88. The van der Waals surface area contributed by atoms with E-state index in [-0.39, 0.29) is 0 Å². The number of rotatable bonds is 0. The number of nitrogens with zero attached hydrogens (tertiary/aromatic N) is 3. The summed E-state index contributed by atoms with van der Waals surface area (Å²) in [5.74, 6) is 0. The van der Waals surface area contributed by atoms with Gasteiger partial charge in [0.15, 0.2) is 5.65 Å². The minimum atomic E-state index is 0.640. The first kappa shape index (κ1) is 8.11. The van der Waals surface area contributed by atoms with Crippen molar-refractivity contribution < 1.29 is 0 Å². The summed E-state index contributed by atoms with van der Waals surface area (Å²) in [6.07, 6.45) is 3.17. The first-order valence-corrected chi connectivity index (χ1v) is 4.60. The summed E-state index contributed by atoms with van der Waals surface area (Å²) in [6.45, 7) is 0. The fraction of sp³-hybridized carbons (Fsp3) is 0. The van der Waals surface area contributed by atoms with Crippen molar-refractivity contribution in [2.75, 3.05) is 5.73 Å². The lowest BCUT2D eigenvalue weighted by atomic mass is 10.1. The highest BCUT2D eigenvalue weighted by molar-refractivity contribution is 6.04. The van der Waals surface area contributed by atoms with E-state index in [0.29, 0.717) is 11.3 Å². The van der Waals surface area contributed by atoms with Crippen LogP contribution in [0.1, 0.15) is 0 Å². The van der Waals surface area contributed by atoms with Gasteiger partial charge in [-0.1, -0.05) is 18.2 Å². The molecule has 0 saturated heterocycles. The molecule has 0 aliphatic carbocycles. The predicted molar refractivity (Wildman–Crippen MR) is 59.3 cm³/mol. The Labute approximate surface area is 85.8 Å². The molecule has 0 radical (unpaired) electrons. The number of para-hydroxylation sites is 1. The minimum absolute atomic E-state index is 0.640. The molecular weight excluding hydrogens is 188 g/mol. The third-order valence-electron chi connectivity index (χ3n) is 2.40. The Morgan fingerprint density at radius 2 is 1.93 bits per heavy atom. The van der Waals surface area contributed by atoms with Crippen LogP contribution in [0.25, 0.3) is 21.9 Å². The molecule has 0 aliphatic rings. The van der Waals surface area contributed by atoms with Gasteiger partial charge < -0.3 is 5.73 Å². The molecule has 15 heavy (non-hydrogen) atoms. The number of hydrogen-bond donors (Lipinski definition) is 1. The SMILES string of the molecule is Nc1c2ccccc2nc2ncncc12. The van der Waals surface area contributed by atoms with Crippen molar-refractivity contribution in [3.63, 3.8) is 0 Å². The lowest BCUT2D eigenvalue weighted by Gasteiger charge is -2.04. The number of hydrogen-bond acceptors (Lipinski definition) is 4. The Morgan fingerprint density at radius 3 is 2.87 bits per heavy atom. The molecule has 0 bridgehead atoms. The lowest BCUT2D eigenvalue weighted by Crippen LogP contribution is -1.94. The van der Waals surface area contributed by atoms with Crippen LogP contribution < -0.4 is 5.73 Å². The summed E-state index contributed by atoms with van der Waals surface area (Å²) in [5.41, 5.74) is 8.23. The first-order chi connectivity index (χ1) is 7.36. The second-order valence-electron chi connectivity index (χ2n) is 3.30. The highest BCUT2D eigenvalue weighted by Crippen LogP contribution is 2.25. The van der Waals surface area contributed by atoms with Crippen LogP contribution in [0.5, 0.6) is 0 Å². The van der Waals surface area contributed by atoms with Crippen LogP contribution in [-0.4, -0.2) is 15.0 Å². The number of nitrogens with two attached hydrogens (primary N) is 1. The second kappa shape index (κ2) is 2.88. The second-order valence-corrected chi connectivity index (χ2v) is 3.30. The van der Waals surface area contributed by atoms with E-state index in [2.05, 4.69) is 15.0 Å². The third kappa shape index (κ3) is 1.11. The predicted octanol–water partition coefficient (Wildman–Crippen LogP) is 1.76. The molecule has 3 aromatic rings. The van der Waals surface area contributed by atoms with Gasteiger partial charge in [0.2, 0.25) is 0 Å². The molecule has 0 atom stereocenters. The molecule has 4 nitrogen and oxygen atoms in total. The molecule has 0 fully saturated rings. The van der Waals surface area contributed by atoms with E-state index in [1.165, 1.54) is 6.33 Å². The fourth-order valence-electron chi connectivity index (χ4n) is 1.66. The Balaban J connectivity index is 2.60. The molecule has 0 spiro atoms. The van der Waals surface area contributed by atoms with E-state index < -0.39 is 0 Å². The van der Waals surface area contributed by atoms with Gasteiger partial charge in [-0.15, -0.1) is 0 Å². The number of benzene rings is 1. The maximum absolute atomic E-state index is 6.03. The maximum Gasteiger partial charge on any atom is 0.165 e. The molecule has 0 aliphatic heterocycles. The first-order valence-electron chi connectivity index (χ1n) is 4.60. The standard InChI is InChI=1S/C11H8N4/c12-10-7-3-1-2-4-9(7)15-11-8(10)5-13-6-14-11/h1-6H,(H2,12,13,14,15). The Bertz CT molecular complexity index is 594. The molecule has 0 saturated carbocycles. The van der Waals surface area contributed by atoms with Crippen LogP contribution in [-0.2, 0) is 0 Å². The fourth-order valence-corrected chi connectivity index (χ4v) is 1.66. The zero-order valence-electron chi connectivity index (χ0n) is 7.88. The Kier molecular flexibility index (Phi) is 1.56. The van der Waals surface area contributed by atoms with Gasteiger partial charge in [-0.2, -0.15) is 0 Å². The van der Waals surface area contributed by atoms with E-state index in [1.807, 2.05) is 24.3 Å². The van der Waals surface area contributed by atoms with Crippen LogP contribution in [0.15, 0.2) is 36.8 Å². The van der Waals surface area contributed by atoms with Gasteiger partial charge in [-0.3, -0.25) is 0 Å². The van der Waals surface area contributed by atoms with Crippen molar-refractivity contribution in [1.29, 1.82) is 0 Å². The summed E-state index contributed by atoms with van der Waals surface area (Å²) in [5, 5.41) is 1.75. The van der Waals surface area contributed by atoms with Gasteiger partial charge in [0.1, 0.15) is 6.33 Å². The Morgan fingerprint density at radius 1 is 1.07 bits per heavy atom. The average molecular weight is 196 g/mol. The van der Waals surface area contributed by atoms with Crippen molar-refractivity contribution in [2.45, 2.75) is 0 Å². The van der Waals surface area contributed by atoms with Gasteiger partial charge in [0.05, 0.1) is 16.6 Å². The molecule has 2 N–H and O–H groups in total. The number of aromatic nitrogens is 3. The van der Waals surface area contributed by atoms with E-state index in [1.54, 1.807) is 6.20 Å². The smallest absolute Gasteiger partial charge is 0.165 e. The van der Waals surface area contributed by atoms with Crippen LogP contribution in [0.4, 0.5) is 5.69 Å². The lowest BCUT2D eigenvalue weighted by molar-refractivity contribution is 1.19. The molecule has 0 amide bonds. The molecule has 72 valence electrons. The average Bonchev–Trinajstić information content (AvgIpc) is 2.30. The van der Waals surface area contributed by atoms with Crippen LogP contribution >= 0.6 is 0 Å². The summed E-state index contributed by atoms with van der Waals surface area (Å²) in [7, 11) is 0. The van der Waals surface area contributed by atoms with Crippen molar-refractivity contribution >= 4 is 27.6 Å². The van der Waals surface area contributed by atoms with E-state index in [4.69, 9.17) is 5.73 Å². The van der Waals surface area contributed by atoms with E-state index >= 15 is 0 Å². The molecule has 3 rings (SSSR count). The Hall–Kier alpha value is -2.23. The van der Waals surface area contributed by atoms with Crippen LogP contribution in [0.2, 0.25) is 0 Å². The highest BCUT2D eigenvalue weighted by atomic mass is 14.9. The molecule has 1 aromatic carbocycles. The summed E-state index contributed by atoms with van der Waals surface area (Å²) < 4.78 is 0. The van der Waals surface area contributed by atoms with Crippen molar-refractivity contribution in [3.8, 4) is 0 Å². The normalized spacial score (nSPS) is 10.9. The van der Waals surface area contributed by atoms with Gasteiger partial charge in [-0.05, 0) is 6.07 Å². The largest absolute Gasteiger partial charge is 0.398 e. The maximum atomic E-state index is 6.03. The molecule has 0 unspecified atom stereocenters. The van der Waals surface area contributed by atoms with Crippen molar-refractivity contribution in [2.24, 2.45) is 0 Å². The monoisotopic (exact) mass is 196 g/mol. The topological polar surface area (TPSA) is 64.7 Å². The van der Waals surface area contributed by atoms with Crippen molar-refractivity contribution in [1.82, 2.24) is 15.0 Å². The van der Waals surface area contributed by atoms with Gasteiger partial charge in [0.25, 0.3) is 0 Å². The van der Waals surface area contributed by atoms with Crippen molar-refractivity contribution in [3.05, 3.63) is 36.8 Å². The quantitative estimate of drug-likeness (QED) is 0.556. The number of anilines is 1. The molecular formula is C11H8N4. The molecule has 2 heterocycles. The zero-order chi connectivity index (χ0) is 10.3. The minimum Gasteiger partial charge on any atom is -0.398 e. The summed E-state index contributed by atoms with van der Waals surface area (Å²) >= 11 is 0. The molecule has 4 heteroatoms. The third-order valence-corrected chi connectivity index (χ3v) is 2.40. The van der Waals surface area contributed by atoms with Crippen LogP contribution in [0, 0.1) is 0 Å². The van der Waals surface area contributed by atoms with Gasteiger partial charge in [0, 0.05) is 11.6 Å². The number of fused-ring (bicyclic) bond motifs is 2. The van der Waals surface area contributed by atoms with E-state index in [9.17, 15) is 0 Å². The van der Waals surface area contributed by atoms with E-state index in [0.717, 1.165) is 16.3 Å². The summed E-state index contributed by atoms with van der Waals surface area (Å²) in [6, 6.07) is 7.75.